The zero-order chi connectivity index (χ0) is 20.3. The molecule has 3 rings (SSSR count). The van der Waals surface area contributed by atoms with Gasteiger partial charge in [-0.2, -0.15) is 0 Å². The Kier molecular flexibility index (Phi) is 5.63. The number of aryl methyl sites for hydroxylation is 1. The fraction of sp³-hybridized carbons (Fsp3) is 0.286. The Bertz CT molecular complexity index is 926. The second-order valence-corrected chi connectivity index (χ2v) is 6.83. The highest BCUT2D eigenvalue weighted by Crippen LogP contribution is 2.30. The number of hydrogen-bond donors (Lipinski definition) is 2. The molecule has 0 aromatic heterocycles. The highest BCUT2D eigenvalue weighted by molar-refractivity contribution is 6.04. The molecule has 1 atom stereocenters. The van der Waals surface area contributed by atoms with Gasteiger partial charge in [0.15, 0.2) is 0 Å². The van der Waals surface area contributed by atoms with Crippen LogP contribution in [0.4, 0.5) is 17.1 Å². The van der Waals surface area contributed by atoms with Crippen molar-refractivity contribution in [2.75, 3.05) is 29.2 Å². The zero-order valence-corrected chi connectivity index (χ0v) is 16.1. The van der Waals surface area contributed by atoms with E-state index in [0.717, 1.165) is 5.56 Å². The highest BCUT2D eigenvalue weighted by atomic mass is 16.5. The molecule has 0 aliphatic carbocycles. The first kappa shape index (κ1) is 19.4. The van der Waals surface area contributed by atoms with Crippen molar-refractivity contribution in [2.24, 2.45) is 5.92 Å². The van der Waals surface area contributed by atoms with Crippen LogP contribution in [0.2, 0.25) is 0 Å². The van der Waals surface area contributed by atoms with Gasteiger partial charge in [0, 0.05) is 31.3 Å². The lowest BCUT2D eigenvalue weighted by Crippen LogP contribution is -2.28. The maximum atomic E-state index is 12.7. The second kappa shape index (κ2) is 8.12. The summed E-state index contributed by atoms with van der Waals surface area (Å²) in [6, 6.07) is 12.6. The van der Waals surface area contributed by atoms with Gasteiger partial charge < -0.3 is 20.3 Å². The molecule has 1 aliphatic rings. The maximum absolute atomic E-state index is 12.7. The topological polar surface area (TPSA) is 87.7 Å². The fourth-order valence-electron chi connectivity index (χ4n) is 3.24. The van der Waals surface area contributed by atoms with Crippen molar-refractivity contribution in [1.82, 2.24) is 0 Å². The molecule has 1 fully saturated rings. The summed E-state index contributed by atoms with van der Waals surface area (Å²) in [7, 11) is 1.54. The first-order valence-electron chi connectivity index (χ1n) is 9.01. The number of ether oxygens (including phenoxy) is 1. The average molecular weight is 381 g/mol. The van der Waals surface area contributed by atoms with E-state index in [1.807, 2.05) is 19.1 Å². The Hall–Kier alpha value is -3.35. The van der Waals surface area contributed by atoms with Crippen LogP contribution in [0.3, 0.4) is 0 Å². The summed E-state index contributed by atoms with van der Waals surface area (Å²) < 4.78 is 5.29. The predicted molar refractivity (Wildman–Crippen MR) is 108 cm³/mol. The molecule has 1 heterocycles. The van der Waals surface area contributed by atoms with E-state index in [4.69, 9.17) is 4.74 Å². The largest absolute Gasteiger partial charge is 0.495 e. The van der Waals surface area contributed by atoms with Gasteiger partial charge in [-0.25, -0.2) is 0 Å². The van der Waals surface area contributed by atoms with E-state index in [9.17, 15) is 14.4 Å². The van der Waals surface area contributed by atoms with Crippen LogP contribution in [0, 0.1) is 12.8 Å². The summed E-state index contributed by atoms with van der Waals surface area (Å²) in [5, 5.41) is 5.57. The predicted octanol–water partition coefficient (Wildman–Crippen LogP) is 2.95. The van der Waals surface area contributed by atoms with Crippen LogP contribution in [0.15, 0.2) is 42.5 Å². The number of amides is 3. The number of carbonyl (C=O) groups is 3. The number of hydrogen-bond acceptors (Lipinski definition) is 4. The van der Waals surface area contributed by atoms with Crippen molar-refractivity contribution in [1.29, 1.82) is 0 Å². The lowest BCUT2D eigenvalue weighted by Gasteiger charge is -2.18. The summed E-state index contributed by atoms with van der Waals surface area (Å²) in [5.41, 5.74) is 2.84. The highest BCUT2D eigenvalue weighted by Gasteiger charge is 2.35. The molecule has 2 N–H and O–H groups in total. The number of nitrogens with one attached hydrogen (secondary N) is 2. The molecular formula is C21H23N3O4. The molecular weight excluding hydrogens is 358 g/mol. The summed E-state index contributed by atoms with van der Waals surface area (Å²) >= 11 is 0. The van der Waals surface area contributed by atoms with Gasteiger partial charge >= 0.3 is 0 Å². The lowest BCUT2D eigenvalue weighted by molar-refractivity contribution is -0.122. The number of anilines is 3. The summed E-state index contributed by atoms with van der Waals surface area (Å²) in [6.07, 6.45) is 0.129. The first-order valence-corrected chi connectivity index (χ1v) is 9.01. The third-order valence-corrected chi connectivity index (χ3v) is 4.59. The van der Waals surface area contributed by atoms with Crippen molar-refractivity contribution in [3.8, 4) is 5.75 Å². The van der Waals surface area contributed by atoms with Crippen molar-refractivity contribution < 1.29 is 19.1 Å². The van der Waals surface area contributed by atoms with Gasteiger partial charge in [-0.15, -0.1) is 0 Å². The average Bonchev–Trinajstić information content (AvgIpc) is 3.03. The molecule has 146 valence electrons. The Labute approximate surface area is 163 Å². The summed E-state index contributed by atoms with van der Waals surface area (Å²) in [4.78, 5) is 38.0. The molecule has 1 saturated heterocycles. The Morgan fingerprint density at radius 1 is 1.14 bits per heavy atom. The maximum Gasteiger partial charge on any atom is 0.229 e. The minimum atomic E-state index is -0.470. The fourth-order valence-corrected chi connectivity index (χ4v) is 3.24. The SMILES string of the molecule is COc1ccc(C)cc1NC(=O)[C@H]1CC(=O)N(c2cccc(NC(C)=O)c2)C1. The van der Waals surface area contributed by atoms with Crippen molar-refractivity contribution in [3.05, 3.63) is 48.0 Å². The van der Waals surface area contributed by atoms with Gasteiger partial charge in [0.05, 0.1) is 18.7 Å². The number of carbonyl (C=O) groups excluding carboxylic acids is 3. The number of benzene rings is 2. The summed E-state index contributed by atoms with van der Waals surface area (Å²) in [5.74, 6) is -0.436. The smallest absolute Gasteiger partial charge is 0.229 e. The van der Waals surface area contributed by atoms with E-state index in [1.54, 1.807) is 42.3 Å². The van der Waals surface area contributed by atoms with Gasteiger partial charge in [0.25, 0.3) is 0 Å². The number of methoxy groups -OCH3 is 1. The molecule has 0 radical (unpaired) electrons. The van der Waals surface area contributed by atoms with Gasteiger partial charge in [0.2, 0.25) is 17.7 Å². The van der Waals surface area contributed by atoms with E-state index >= 15 is 0 Å². The molecule has 2 aromatic carbocycles. The van der Waals surface area contributed by atoms with Crippen LogP contribution in [-0.4, -0.2) is 31.4 Å². The Balaban J connectivity index is 1.73. The molecule has 0 spiro atoms. The molecule has 0 saturated carbocycles. The van der Waals surface area contributed by atoms with Crippen molar-refractivity contribution >= 4 is 34.8 Å². The third kappa shape index (κ3) is 4.31. The Morgan fingerprint density at radius 2 is 1.93 bits per heavy atom. The molecule has 7 heteroatoms. The van der Waals surface area contributed by atoms with Gasteiger partial charge in [0.1, 0.15) is 5.75 Å². The van der Waals surface area contributed by atoms with Gasteiger partial charge in [-0.05, 0) is 42.8 Å². The standard InChI is InChI=1S/C21H23N3O4/c1-13-7-8-19(28-3)18(9-13)23-21(27)15-10-20(26)24(12-15)17-6-4-5-16(11-17)22-14(2)25/h4-9,11,15H,10,12H2,1-3H3,(H,22,25)(H,23,27)/t15-/m0/s1. The number of rotatable bonds is 5. The molecule has 3 amide bonds. The second-order valence-electron chi connectivity index (χ2n) is 6.83. The van der Waals surface area contributed by atoms with Crippen LogP contribution < -0.4 is 20.3 Å². The van der Waals surface area contributed by atoms with Crippen LogP contribution in [-0.2, 0) is 14.4 Å². The molecule has 28 heavy (non-hydrogen) atoms. The lowest BCUT2D eigenvalue weighted by atomic mass is 10.1. The third-order valence-electron chi connectivity index (χ3n) is 4.59. The normalized spacial score (nSPS) is 16.0. The Morgan fingerprint density at radius 3 is 2.64 bits per heavy atom. The van der Waals surface area contributed by atoms with E-state index in [0.29, 0.717) is 22.8 Å². The number of nitrogens with zero attached hydrogens (tertiary/aromatic N) is 1. The minimum absolute atomic E-state index is 0.128. The van der Waals surface area contributed by atoms with E-state index < -0.39 is 5.92 Å². The monoisotopic (exact) mass is 381 g/mol. The van der Waals surface area contributed by atoms with Gasteiger partial charge in [-0.1, -0.05) is 12.1 Å². The molecule has 0 bridgehead atoms. The van der Waals surface area contributed by atoms with Gasteiger partial charge in [-0.3, -0.25) is 14.4 Å². The molecule has 1 aliphatic heterocycles. The molecule has 0 unspecified atom stereocenters. The van der Waals surface area contributed by atoms with Crippen LogP contribution >= 0.6 is 0 Å². The van der Waals surface area contributed by atoms with Crippen LogP contribution in [0.5, 0.6) is 5.75 Å². The first-order chi connectivity index (χ1) is 13.4. The van der Waals surface area contributed by atoms with E-state index in [-0.39, 0.29) is 30.7 Å². The zero-order valence-electron chi connectivity index (χ0n) is 16.1. The quantitative estimate of drug-likeness (QED) is 0.834. The van der Waals surface area contributed by atoms with Crippen LogP contribution in [0.1, 0.15) is 18.9 Å². The van der Waals surface area contributed by atoms with E-state index in [2.05, 4.69) is 10.6 Å². The summed E-state index contributed by atoms with van der Waals surface area (Å²) in [6.45, 7) is 3.63. The minimum Gasteiger partial charge on any atom is -0.495 e. The van der Waals surface area contributed by atoms with Crippen molar-refractivity contribution in [3.63, 3.8) is 0 Å². The van der Waals surface area contributed by atoms with Crippen LogP contribution in [0.25, 0.3) is 0 Å². The molecule has 2 aromatic rings. The van der Waals surface area contributed by atoms with E-state index in [1.165, 1.54) is 6.92 Å². The molecule has 7 nitrogen and oxygen atoms in total. The van der Waals surface area contributed by atoms with Crippen molar-refractivity contribution in [2.45, 2.75) is 20.3 Å².